The molecule has 0 spiro atoms. The summed E-state index contributed by atoms with van der Waals surface area (Å²) in [5.41, 5.74) is 5.57. The summed E-state index contributed by atoms with van der Waals surface area (Å²) in [6.45, 7) is 5.09. The topological polar surface area (TPSA) is 75.4 Å². The zero-order chi connectivity index (χ0) is 14.1. The number of rotatable bonds is 8. The first-order valence-corrected chi connectivity index (χ1v) is 6.57. The molecule has 2 amide bonds. The molecule has 0 heterocycles. The summed E-state index contributed by atoms with van der Waals surface area (Å²) in [6, 6.07) is 0. The van der Waals surface area contributed by atoms with Crippen molar-refractivity contribution in [3.05, 3.63) is 0 Å². The van der Waals surface area contributed by atoms with E-state index in [9.17, 15) is 9.59 Å². The number of amides is 2. The van der Waals surface area contributed by atoms with Gasteiger partial charge in [-0.05, 0) is 31.2 Å². The van der Waals surface area contributed by atoms with Gasteiger partial charge in [-0.1, -0.05) is 13.8 Å². The van der Waals surface area contributed by atoms with Crippen LogP contribution in [0, 0.1) is 11.8 Å². The Bertz CT molecular complexity index is 267. The van der Waals surface area contributed by atoms with Crippen molar-refractivity contribution in [2.45, 2.75) is 33.1 Å². The van der Waals surface area contributed by atoms with E-state index in [1.165, 1.54) is 4.90 Å². The lowest BCUT2D eigenvalue weighted by Gasteiger charge is -2.22. The highest BCUT2D eigenvalue weighted by atomic mass is 16.2. The van der Waals surface area contributed by atoms with Gasteiger partial charge in [-0.25, -0.2) is 0 Å². The highest BCUT2D eigenvalue weighted by molar-refractivity contribution is 5.84. The first kappa shape index (κ1) is 16.9. The summed E-state index contributed by atoms with van der Waals surface area (Å²) in [5, 5.41) is 2.50. The Morgan fingerprint density at radius 2 is 1.89 bits per heavy atom. The van der Waals surface area contributed by atoms with E-state index in [0.29, 0.717) is 24.8 Å². The van der Waals surface area contributed by atoms with E-state index >= 15 is 0 Å². The number of hydrogen-bond acceptors (Lipinski definition) is 3. The van der Waals surface area contributed by atoms with Gasteiger partial charge in [0.2, 0.25) is 11.8 Å². The fourth-order valence-corrected chi connectivity index (χ4v) is 1.91. The van der Waals surface area contributed by atoms with Gasteiger partial charge in [-0.3, -0.25) is 9.59 Å². The van der Waals surface area contributed by atoms with Crippen molar-refractivity contribution >= 4 is 11.8 Å². The van der Waals surface area contributed by atoms with Gasteiger partial charge in [0.05, 0.1) is 6.54 Å². The Balaban J connectivity index is 4.10. The van der Waals surface area contributed by atoms with Gasteiger partial charge in [0, 0.05) is 20.5 Å². The van der Waals surface area contributed by atoms with Crippen LogP contribution < -0.4 is 11.1 Å². The van der Waals surface area contributed by atoms with Gasteiger partial charge >= 0.3 is 0 Å². The highest BCUT2D eigenvalue weighted by Crippen LogP contribution is 2.20. The molecule has 0 aromatic heterocycles. The molecule has 0 fully saturated rings. The molecule has 0 saturated heterocycles. The van der Waals surface area contributed by atoms with Crippen LogP contribution in [-0.2, 0) is 9.59 Å². The van der Waals surface area contributed by atoms with Gasteiger partial charge in [-0.15, -0.1) is 0 Å². The van der Waals surface area contributed by atoms with E-state index < -0.39 is 0 Å². The zero-order valence-corrected chi connectivity index (χ0v) is 12.0. The monoisotopic (exact) mass is 257 g/mol. The van der Waals surface area contributed by atoms with Crippen molar-refractivity contribution in [2.75, 3.05) is 27.2 Å². The number of carbonyl (C=O) groups excluding carboxylic acids is 2. The zero-order valence-electron chi connectivity index (χ0n) is 12.0. The SMILES string of the molecule is CNC(=O)CN(C)C(=O)CCC(CCN)C(C)C. The highest BCUT2D eigenvalue weighted by Gasteiger charge is 2.17. The minimum absolute atomic E-state index is 0.0151. The molecule has 5 heteroatoms. The van der Waals surface area contributed by atoms with Crippen molar-refractivity contribution in [3.63, 3.8) is 0 Å². The lowest BCUT2D eigenvalue weighted by molar-refractivity contribution is -0.134. The molecular weight excluding hydrogens is 230 g/mol. The third-order valence-electron chi connectivity index (χ3n) is 3.29. The number of nitrogens with two attached hydrogens (primary N) is 1. The van der Waals surface area contributed by atoms with E-state index in [0.717, 1.165) is 12.8 Å². The molecular formula is C13H27N3O2. The molecule has 1 atom stereocenters. The van der Waals surface area contributed by atoms with Crippen LogP contribution in [0.3, 0.4) is 0 Å². The van der Waals surface area contributed by atoms with E-state index in [4.69, 9.17) is 5.73 Å². The molecule has 106 valence electrons. The maximum absolute atomic E-state index is 11.8. The third kappa shape index (κ3) is 6.59. The lowest BCUT2D eigenvalue weighted by Crippen LogP contribution is -2.37. The molecule has 0 aliphatic rings. The van der Waals surface area contributed by atoms with Crippen LogP contribution in [0.2, 0.25) is 0 Å². The van der Waals surface area contributed by atoms with Crippen LogP contribution in [-0.4, -0.2) is 43.9 Å². The average Bonchev–Trinajstić information content (AvgIpc) is 2.33. The minimum atomic E-state index is -0.145. The smallest absolute Gasteiger partial charge is 0.239 e. The number of likely N-dealkylation sites (N-methyl/N-ethyl adjacent to an activating group) is 2. The summed E-state index contributed by atoms with van der Waals surface area (Å²) in [7, 11) is 3.22. The van der Waals surface area contributed by atoms with Crippen molar-refractivity contribution in [2.24, 2.45) is 17.6 Å². The Labute approximate surface area is 110 Å². The largest absolute Gasteiger partial charge is 0.358 e. The fraction of sp³-hybridized carbons (Fsp3) is 0.846. The molecule has 1 unspecified atom stereocenters. The van der Waals surface area contributed by atoms with Gasteiger partial charge in [0.15, 0.2) is 0 Å². The minimum Gasteiger partial charge on any atom is -0.358 e. The molecule has 0 aliphatic carbocycles. The summed E-state index contributed by atoms with van der Waals surface area (Å²) in [5.74, 6) is 0.882. The van der Waals surface area contributed by atoms with Crippen molar-refractivity contribution < 1.29 is 9.59 Å². The van der Waals surface area contributed by atoms with E-state index in [1.54, 1.807) is 14.1 Å². The normalized spacial score (nSPS) is 12.3. The predicted octanol–water partition coefficient (Wildman–Crippen LogP) is 0.592. The van der Waals surface area contributed by atoms with E-state index in [-0.39, 0.29) is 18.4 Å². The molecule has 0 bridgehead atoms. The molecule has 3 N–H and O–H groups in total. The van der Waals surface area contributed by atoms with Gasteiger partial charge in [-0.2, -0.15) is 0 Å². The predicted molar refractivity (Wildman–Crippen MR) is 72.9 cm³/mol. The molecule has 0 rings (SSSR count). The molecule has 0 aromatic rings. The number of nitrogens with one attached hydrogen (secondary N) is 1. The summed E-state index contributed by atoms with van der Waals surface area (Å²) < 4.78 is 0. The van der Waals surface area contributed by atoms with Crippen molar-refractivity contribution in [3.8, 4) is 0 Å². The first-order valence-electron chi connectivity index (χ1n) is 6.57. The van der Waals surface area contributed by atoms with Gasteiger partial charge in [0.25, 0.3) is 0 Å². The molecule has 0 aromatic carbocycles. The van der Waals surface area contributed by atoms with E-state index in [1.807, 2.05) is 0 Å². The summed E-state index contributed by atoms with van der Waals surface area (Å²) in [6.07, 6.45) is 2.27. The number of hydrogen-bond donors (Lipinski definition) is 2. The van der Waals surface area contributed by atoms with E-state index in [2.05, 4.69) is 19.2 Å². The van der Waals surface area contributed by atoms with Crippen LogP contribution in [0.15, 0.2) is 0 Å². The van der Waals surface area contributed by atoms with Gasteiger partial charge < -0.3 is 16.0 Å². The van der Waals surface area contributed by atoms with Crippen LogP contribution in [0.1, 0.15) is 33.1 Å². The van der Waals surface area contributed by atoms with Crippen LogP contribution in [0.25, 0.3) is 0 Å². The second kappa shape index (κ2) is 8.91. The van der Waals surface area contributed by atoms with Crippen LogP contribution >= 0.6 is 0 Å². The van der Waals surface area contributed by atoms with Crippen molar-refractivity contribution in [1.82, 2.24) is 10.2 Å². The summed E-state index contributed by atoms with van der Waals surface area (Å²) in [4.78, 5) is 24.5. The number of carbonyl (C=O) groups is 2. The quantitative estimate of drug-likeness (QED) is 0.668. The van der Waals surface area contributed by atoms with Crippen LogP contribution in [0.4, 0.5) is 0 Å². The molecule has 0 aliphatic heterocycles. The second-order valence-corrected chi connectivity index (χ2v) is 5.04. The lowest BCUT2D eigenvalue weighted by atomic mass is 9.88. The maximum atomic E-state index is 11.8. The number of nitrogens with zero attached hydrogens (tertiary/aromatic N) is 1. The Morgan fingerprint density at radius 3 is 2.33 bits per heavy atom. The molecule has 18 heavy (non-hydrogen) atoms. The molecule has 0 saturated carbocycles. The Morgan fingerprint density at radius 1 is 1.28 bits per heavy atom. The standard InChI is InChI=1S/C13H27N3O2/c1-10(2)11(7-8-14)5-6-13(18)16(4)9-12(17)15-3/h10-11H,5-9,14H2,1-4H3,(H,15,17). The molecule has 5 nitrogen and oxygen atoms in total. The third-order valence-corrected chi connectivity index (χ3v) is 3.29. The Kier molecular flexibility index (Phi) is 8.37. The average molecular weight is 257 g/mol. The van der Waals surface area contributed by atoms with Crippen LogP contribution in [0.5, 0.6) is 0 Å². The van der Waals surface area contributed by atoms with Gasteiger partial charge in [0.1, 0.15) is 0 Å². The first-order chi connectivity index (χ1) is 8.42. The Hall–Kier alpha value is -1.10. The van der Waals surface area contributed by atoms with Crippen molar-refractivity contribution in [1.29, 1.82) is 0 Å². The second-order valence-electron chi connectivity index (χ2n) is 5.04. The maximum Gasteiger partial charge on any atom is 0.239 e. The fourth-order valence-electron chi connectivity index (χ4n) is 1.91. The molecule has 0 radical (unpaired) electrons. The summed E-state index contributed by atoms with van der Waals surface area (Å²) >= 11 is 0.